The summed E-state index contributed by atoms with van der Waals surface area (Å²) >= 11 is 6.81. The van der Waals surface area contributed by atoms with Crippen LogP contribution in [0.1, 0.15) is 26.0 Å². The molecule has 2 aromatic heterocycles. The molecule has 0 spiro atoms. The first-order valence-electron chi connectivity index (χ1n) is 4.21. The molecule has 0 fully saturated rings. The van der Waals surface area contributed by atoms with Gasteiger partial charge in [0.1, 0.15) is 0 Å². The van der Waals surface area contributed by atoms with Crippen molar-refractivity contribution in [1.29, 1.82) is 0 Å². The monoisotopic (exact) mass is 256 g/mol. The molecular weight excluding hydrogens is 252 g/mol. The van der Waals surface area contributed by atoms with E-state index in [-0.39, 0.29) is 17.3 Å². The van der Waals surface area contributed by atoms with E-state index in [0.717, 1.165) is 11.3 Å². The van der Waals surface area contributed by atoms with Crippen LogP contribution >= 0.6 is 22.9 Å². The molecule has 2 aromatic rings. The fourth-order valence-corrected chi connectivity index (χ4v) is 2.12. The number of hydrogen-bond donors (Lipinski definition) is 1. The van der Waals surface area contributed by atoms with Crippen LogP contribution in [0.2, 0.25) is 4.34 Å². The van der Waals surface area contributed by atoms with Gasteiger partial charge < -0.3 is 9.52 Å². The maximum Gasteiger partial charge on any atom is 0.371 e. The summed E-state index contributed by atoms with van der Waals surface area (Å²) in [6.07, 6.45) is 0. The molecule has 0 aliphatic heterocycles. The van der Waals surface area contributed by atoms with Crippen LogP contribution < -0.4 is 0 Å². The van der Waals surface area contributed by atoms with Crippen molar-refractivity contribution >= 4 is 34.7 Å². The zero-order valence-electron chi connectivity index (χ0n) is 7.77. The molecule has 0 saturated heterocycles. The van der Waals surface area contributed by atoms with Gasteiger partial charge in [-0.3, -0.25) is 4.79 Å². The first kappa shape index (κ1) is 10.9. The summed E-state index contributed by atoms with van der Waals surface area (Å²) in [6, 6.07) is 5.74. The van der Waals surface area contributed by atoms with E-state index in [1.807, 2.05) is 0 Å². The summed E-state index contributed by atoms with van der Waals surface area (Å²) in [5.74, 6) is -1.84. The van der Waals surface area contributed by atoms with E-state index in [1.165, 1.54) is 12.1 Å². The van der Waals surface area contributed by atoms with Gasteiger partial charge in [0.2, 0.25) is 11.5 Å². The molecule has 0 radical (unpaired) electrons. The van der Waals surface area contributed by atoms with Crippen LogP contribution in [0.5, 0.6) is 0 Å². The normalized spacial score (nSPS) is 10.3. The number of carboxylic acids is 1. The largest absolute Gasteiger partial charge is 0.475 e. The Bertz CT molecular complexity index is 555. The molecular formula is C10H5ClO4S. The van der Waals surface area contributed by atoms with Crippen LogP contribution in [0.25, 0.3) is 0 Å². The zero-order valence-corrected chi connectivity index (χ0v) is 9.34. The van der Waals surface area contributed by atoms with Crippen molar-refractivity contribution in [3.63, 3.8) is 0 Å². The van der Waals surface area contributed by atoms with Crippen LogP contribution in [-0.2, 0) is 0 Å². The number of ketones is 1. The second-order valence-corrected chi connectivity index (χ2v) is 4.62. The average molecular weight is 257 g/mol. The second-order valence-electron chi connectivity index (χ2n) is 2.90. The van der Waals surface area contributed by atoms with E-state index in [4.69, 9.17) is 21.1 Å². The third-order valence-electron chi connectivity index (χ3n) is 1.84. The van der Waals surface area contributed by atoms with Crippen LogP contribution in [0, 0.1) is 0 Å². The molecule has 16 heavy (non-hydrogen) atoms. The standard InChI is InChI=1S/C10H5ClO4S/c11-8-4-3-7(16-8)9(12)5-1-2-6(15-5)10(13)14/h1-4H,(H,13,14). The fraction of sp³-hybridized carbons (Fsp3) is 0. The van der Waals surface area contributed by atoms with Gasteiger partial charge in [-0.2, -0.15) is 0 Å². The Hall–Kier alpha value is -1.59. The third-order valence-corrected chi connectivity index (χ3v) is 3.07. The Kier molecular flexibility index (Phi) is 2.80. The van der Waals surface area contributed by atoms with Gasteiger partial charge in [-0.05, 0) is 24.3 Å². The Morgan fingerprint density at radius 1 is 1.19 bits per heavy atom. The van der Waals surface area contributed by atoms with Crippen LogP contribution in [0.4, 0.5) is 0 Å². The number of carboxylic acid groups (broad SMARTS) is 1. The van der Waals surface area contributed by atoms with Gasteiger partial charge in [0.15, 0.2) is 5.76 Å². The summed E-state index contributed by atoms with van der Waals surface area (Å²) in [5.41, 5.74) is 0. The number of rotatable bonds is 3. The minimum Gasteiger partial charge on any atom is -0.475 e. The van der Waals surface area contributed by atoms with Crippen LogP contribution in [-0.4, -0.2) is 16.9 Å². The van der Waals surface area contributed by atoms with Gasteiger partial charge in [0, 0.05) is 0 Å². The highest BCUT2D eigenvalue weighted by Crippen LogP contribution is 2.24. The van der Waals surface area contributed by atoms with Crippen LogP contribution in [0.15, 0.2) is 28.7 Å². The lowest BCUT2D eigenvalue weighted by molar-refractivity contribution is 0.0660. The van der Waals surface area contributed by atoms with E-state index in [9.17, 15) is 9.59 Å². The first-order valence-corrected chi connectivity index (χ1v) is 5.40. The van der Waals surface area contributed by atoms with E-state index in [0.29, 0.717) is 9.21 Å². The van der Waals surface area contributed by atoms with Gasteiger partial charge in [0.05, 0.1) is 9.21 Å². The van der Waals surface area contributed by atoms with Gasteiger partial charge in [0.25, 0.3) is 0 Å². The van der Waals surface area contributed by atoms with Gasteiger partial charge in [-0.15, -0.1) is 11.3 Å². The Balaban J connectivity index is 2.30. The maximum atomic E-state index is 11.8. The molecule has 6 heteroatoms. The predicted molar refractivity (Wildman–Crippen MR) is 58.4 cm³/mol. The molecule has 1 N–H and O–H groups in total. The Labute approximate surface area is 99.1 Å². The van der Waals surface area contributed by atoms with Crippen molar-refractivity contribution < 1.29 is 19.1 Å². The zero-order chi connectivity index (χ0) is 11.7. The van der Waals surface area contributed by atoms with Crippen molar-refractivity contribution in [2.45, 2.75) is 0 Å². The summed E-state index contributed by atoms with van der Waals surface area (Å²) in [6.45, 7) is 0. The van der Waals surface area contributed by atoms with Crippen LogP contribution in [0.3, 0.4) is 0 Å². The average Bonchev–Trinajstić information content (AvgIpc) is 2.84. The third kappa shape index (κ3) is 2.00. The van der Waals surface area contributed by atoms with Gasteiger partial charge in [-0.1, -0.05) is 11.6 Å². The van der Waals surface area contributed by atoms with Crippen molar-refractivity contribution in [1.82, 2.24) is 0 Å². The molecule has 2 heterocycles. The Morgan fingerprint density at radius 2 is 1.88 bits per heavy atom. The highest BCUT2D eigenvalue weighted by molar-refractivity contribution is 7.18. The molecule has 0 aliphatic carbocycles. The molecule has 0 amide bonds. The van der Waals surface area contributed by atoms with Gasteiger partial charge in [-0.25, -0.2) is 4.79 Å². The highest BCUT2D eigenvalue weighted by Gasteiger charge is 2.17. The fourth-order valence-electron chi connectivity index (χ4n) is 1.13. The minimum atomic E-state index is -1.21. The SMILES string of the molecule is O=C(O)c1ccc(C(=O)c2ccc(Cl)s2)o1. The minimum absolute atomic E-state index is 0.00378. The number of halogens is 1. The molecule has 0 aromatic carbocycles. The number of thiophene rings is 1. The molecule has 4 nitrogen and oxygen atoms in total. The topological polar surface area (TPSA) is 67.5 Å². The van der Waals surface area contributed by atoms with E-state index < -0.39 is 5.97 Å². The Morgan fingerprint density at radius 3 is 2.38 bits per heavy atom. The van der Waals surface area contributed by atoms with Crippen molar-refractivity contribution in [2.75, 3.05) is 0 Å². The second kappa shape index (κ2) is 4.11. The highest BCUT2D eigenvalue weighted by atomic mass is 35.5. The molecule has 82 valence electrons. The predicted octanol–water partition coefficient (Wildman–Crippen LogP) is 2.92. The van der Waals surface area contributed by atoms with Crippen molar-refractivity contribution in [2.24, 2.45) is 0 Å². The molecule has 2 rings (SSSR count). The number of hydrogen-bond acceptors (Lipinski definition) is 4. The quantitative estimate of drug-likeness (QED) is 0.858. The molecule has 0 saturated carbocycles. The lowest BCUT2D eigenvalue weighted by Crippen LogP contribution is -1.97. The number of carbonyl (C=O) groups is 2. The van der Waals surface area contributed by atoms with E-state index >= 15 is 0 Å². The van der Waals surface area contributed by atoms with E-state index in [1.54, 1.807) is 12.1 Å². The number of aromatic carboxylic acids is 1. The number of furan rings is 1. The smallest absolute Gasteiger partial charge is 0.371 e. The lowest BCUT2D eigenvalue weighted by atomic mass is 10.2. The summed E-state index contributed by atoms with van der Waals surface area (Å²) in [5, 5.41) is 8.63. The maximum absolute atomic E-state index is 11.8. The summed E-state index contributed by atoms with van der Waals surface area (Å²) in [4.78, 5) is 22.7. The van der Waals surface area contributed by atoms with Crippen molar-refractivity contribution in [3.8, 4) is 0 Å². The molecule has 0 unspecified atom stereocenters. The molecule has 0 bridgehead atoms. The van der Waals surface area contributed by atoms with Gasteiger partial charge >= 0.3 is 5.97 Å². The van der Waals surface area contributed by atoms with Crippen molar-refractivity contribution in [3.05, 3.63) is 45.0 Å². The molecule has 0 aliphatic rings. The first-order chi connectivity index (χ1) is 7.58. The number of carbonyl (C=O) groups excluding carboxylic acids is 1. The van der Waals surface area contributed by atoms with E-state index in [2.05, 4.69) is 0 Å². The molecule has 0 atom stereocenters. The lowest BCUT2D eigenvalue weighted by Gasteiger charge is -1.91. The summed E-state index contributed by atoms with van der Waals surface area (Å²) < 4.78 is 5.38. The summed E-state index contributed by atoms with van der Waals surface area (Å²) in [7, 11) is 0.